The van der Waals surface area contributed by atoms with Crippen LogP contribution in [-0.2, 0) is 4.74 Å². The number of methoxy groups -OCH3 is 2. The van der Waals surface area contributed by atoms with Gasteiger partial charge in [-0.15, -0.1) is 24.0 Å². The molecular formula is C25H43IN4O3. The third-order valence-electron chi connectivity index (χ3n) is 6.79. The predicted octanol–water partition coefficient (Wildman–Crippen LogP) is 4.44. The van der Waals surface area contributed by atoms with Crippen molar-refractivity contribution in [3.8, 4) is 11.5 Å². The molecule has 1 aromatic carbocycles. The lowest BCUT2D eigenvalue weighted by atomic mass is 9.98. The van der Waals surface area contributed by atoms with Gasteiger partial charge in [0.1, 0.15) is 11.5 Å². The number of benzene rings is 1. The van der Waals surface area contributed by atoms with E-state index in [1.165, 1.54) is 25.7 Å². The first kappa shape index (κ1) is 27.8. The lowest BCUT2D eigenvalue weighted by Gasteiger charge is -2.35. The number of guanidine groups is 1. The third-order valence-corrected chi connectivity index (χ3v) is 6.79. The van der Waals surface area contributed by atoms with E-state index in [9.17, 15) is 0 Å². The van der Waals surface area contributed by atoms with Crippen molar-refractivity contribution in [3.05, 3.63) is 18.2 Å². The maximum atomic E-state index is 6.05. The Morgan fingerprint density at radius 3 is 2.24 bits per heavy atom. The Bertz CT molecular complexity index is 697. The number of anilines is 1. The standard InChI is InChI=1S/C25H42N4O3.HI/c1-5-32-24(19-8-6-7-9-19)10-13-27-25(26-2)28-20-11-14-29(15-12-20)21-16-22(30-3)18-23(17-21)31-4;/h16-20,24H,5-15H2,1-4H3,(H2,26,27,28);1H. The van der Waals surface area contributed by atoms with Crippen LogP contribution in [0, 0.1) is 5.92 Å². The van der Waals surface area contributed by atoms with Gasteiger partial charge in [0.05, 0.1) is 20.3 Å². The molecule has 1 aliphatic carbocycles. The van der Waals surface area contributed by atoms with E-state index in [0.29, 0.717) is 12.1 Å². The molecule has 0 radical (unpaired) electrons. The van der Waals surface area contributed by atoms with Crippen LogP contribution in [0.3, 0.4) is 0 Å². The van der Waals surface area contributed by atoms with Gasteiger partial charge in [0, 0.05) is 63.2 Å². The van der Waals surface area contributed by atoms with Gasteiger partial charge in [-0.2, -0.15) is 0 Å². The fourth-order valence-electron chi connectivity index (χ4n) is 4.98. The number of nitrogens with zero attached hydrogens (tertiary/aromatic N) is 2. The molecule has 7 nitrogen and oxygen atoms in total. The lowest BCUT2D eigenvalue weighted by Crippen LogP contribution is -2.49. The number of ether oxygens (including phenoxy) is 3. The van der Waals surface area contributed by atoms with E-state index in [2.05, 4.69) is 39.6 Å². The molecule has 0 spiro atoms. The van der Waals surface area contributed by atoms with Crippen molar-refractivity contribution in [1.82, 2.24) is 10.6 Å². The molecule has 2 aliphatic rings. The van der Waals surface area contributed by atoms with E-state index >= 15 is 0 Å². The number of halogens is 1. The van der Waals surface area contributed by atoms with Crippen LogP contribution in [0.2, 0.25) is 0 Å². The van der Waals surface area contributed by atoms with Crippen molar-refractivity contribution in [2.45, 2.75) is 64.0 Å². The van der Waals surface area contributed by atoms with Gasteiger partial charge in [-0.1, -0.05) is 12.8 Å². The summed E-state index contributed by atoms with van der Waals surface area (Å²) in [4.78, 5) is 6.85. The Kier molecular flexibility index (Phi) is 12.4. The predicted molar refractivity (Wildman–Crippen MR) is 147 cm³/mol. The normalized spacial score (nSPS) is 18.5. The van der Waals surface area contributed by atoms with Gasteiger partial charge in [-0.25, -0.2) is 0 Å². The highest BCUT2D eigenvalue weighted by Gasteiger charge is 2.25. The second kappa shape index (κ2) is 14.8. The quantitative estimate of drug-likeness (QED) is 0.245. The Balaban J connectivity index is 0.00000385. The smallest absolute Gasteiger partial charge is 0.191 e. The summed E-state index contributed by atoms with van der Waals surface area (Å²) >= 11 is 0. The van der Waals surface area contributed by atoms with Crippen LogP contribution in [0.5, 0.6) is 11.5 Å². The minimum absolute atomic E-state index is 0. The van der Waals surface area contributed by atoms with Crippen LogP contribution < -0.4 is 25.0 Å². The van der Waals surface area contributed by atoms with Crippen LogP contribution in [0.4, 0.5) is 5.69 Å². The fraction of sp³-hybridized carbons (Fsp3) is 0.720. The van der Waals surface area contributed by atoms with Crippen LogP contribution in [0.1, 0.15) is 51.9 Å². The Morgan fingerprint density at radius 2 is 1.70 bits per heavy atom. The van der Waals surface area contributed by atoms with E-state index in [4.69, 9.17) is 14.2 Å². The molecule has 1 saturated carbocycles. The molecule has 1 atom stereocenters. The maximum absolute atomic E-state index is 6.05. The maximum Gasteiger partial charge on any atom is 0.191 e. The average Bonchev–Trinajstić information content (AvgIpc) is 3.37. The van der Waals surface area contributed by atoms with Gasteiger partial charge in [-0.05, 0) is 44.9 Å². The zero-order valence-corrected chi connectivity index (χ0v) is 23.1. The van der Waals surface area contributed by atoms with Crippen molar-refractivity contribution >= 4 is 35.6 Å². The van der Waals surface area contributed by atoms with Gasteiger partial charge in [0.15, 0.2) is 5.96 Å². The average molecular weight is 575 g/mol. The molecule has 2 N–H and O–H groups in total. The topological polar surface area (TPSA) is 67.4 Å². The molecule has 188 valence electrons. The monoisotopic (exact) mass is 574 g/mol. The Labute approximate surface area is 217 Å². The molecule has 1 aliphatic heterocycles. The van der Waals surface area contributed by atoms with Crippen LogP contribution in [0.15, 0.2) is 23.2 Å². The molecule has 1 saturated heterocycles. The number of hydrogen-bond acceptors (Lipinski definition) is 5. The first-order chi connectivity index (χ1) is 15.7. The van der Waals surface area contributed by atoms with Crippen molar-refractivity contribution < 1.29 is 14.2 Å². The first-order valence-electron chi connectivity index (χ1n) is 12.2. The minimum Gasteiger partial charge on any atom is -0.497 e. The van der Waals surface area contributed by atoms with E-state index in [0.717, 1.165) is 74.6 Å². The highest BCUT2D eigenvalue weighted by molar-refractivity contribution is 14.0. The van der Waals surface area contributed by atoms with Gasteiger partial charge < -0.3 is 29.7 Å². The molecule has 1 aromatic rings. The summed E-state index contributed by atoms with van der Waals surface area (Å²) in [6, 6.07) is 6.49. The van der Waals surface area contributed by atoms with Crippen molar-refractivity contribution in [2.75, 3.05) is 52.4 Å². The number of hydrogen-bond donors (Lipinski definition) is 2. The summed E-state index contributed by atoms with van der Waals surface area (Å²) in [5.41, 5.74) is 1.15. The Hall–Kier alpha value is -1.42. The van der Waals surface area contributed by atoms with Crippen LogP contribution in [0.25, 0.3) is 0 Å². The Morgan fingerprint density at radius 1 is 1.06 bits per heavy atom. The molecule has 3 rings (SSSR count). The van der Waals surface area contributed by atoms with Gasteiger partial charge in [0.2, 0.25) is 0 Å². The second-order valence-electron chi connectivity index (χ2n) is 8.80. The van der Waals surface area contributed by atoms with Crippen molar-refractivity contribution in [2.24, 2.45) is 10.9 Å². The summed E-state index contributed by atoms with van der Waals surface area (Å²) in [7, 11) is 5.24. The van der Waals surface area contributed by atoms with E-state index in [1.807, 2.05) is 13.1 Å². The fourth-order valence-corrected chi connectivity index (χ4v) is 4.98. The number of nitrogens with one attached hydrogen (secondary N) is 2. The largest absolute Gasteiger partial charge is 0.497 e. The highest BCUT2D eigenvalue weighted by atomic mass is 127. The van der Waals surface area contributed by atoms with Gasteiger partial charge in [-0.3, -0.25) is 4.99 Å². The SMILES string of the molecule is CCOC(CCNC(=NC)NC1CCN(c2cc(OC)cc(OC)c2)CC1)C1CCCC1.I. The summed E-state index contributed by atoms with van der Waals surface area (Å²) < 4.78 is 16.9. The number of piperidine rings is 1. The zero-order chi connectivity index (χ0) is 22.8. The molecule has 0 amide bonds. The molecule has 0 bridgehead atoms. The summed E-state index contributed by atoms with van der Waals surface area (Å²) in [6.07, 6.45) is 8.86. The summed E-state index contributed by atoms with van der Waals surface area (Å²) in [6.45, 7) is 5.76. The zero-order valence-electron chi connectivity index (χ0n) is 20.8. The lowest BCUT2D eigenvalue weighted by molar-refractivity contribution is 0.0169. The third kappa shape index (κ3) is 8.38. The molecule has 8 heteroatoms. The van der Waals surface area contributed by atoms with E-state index in [1.54, 1.807) is 14.2 Å². The van der Waals surface area contributed by atoms with Gasteiger partial charge in [0.25, 0.3) is 0 Å². The number of aliphatic imine (C=N–C) groups is 1. The molecule has 0 aromatic heterocycles. The number of rotatable bonds is 10. The van der Waals surface area contributed by atoms with E-state index in [-0.39, 0.29) is 24.0 Å². The molecular weight excluding hydrogens is 531 g/mol. The molecule has 1 heterocycles. The minimum atomic E-state index is 0. The second-order valence-corrected chi connectivity index (χ2v) is 8.80. The van der Waals surface area contributed by atoms with Gasteiger partial charge >= 0.3 is 0 Å². The van der Waals surface area contributed by atoms with Crippen molar-refractivity contribution in [1.29, 1.82) is 0 Å². The van der Waals surface area contributed by atoms with Crippen molar-refractivity contribution in [3.63, 3.8) is 0 Å². The van der Waals surface area contributed by atoms with E-state index < -0.39 is 0 Å². The molecule has 33 heavy (non-hydrogen) atoms. The van der Waals surface area contributed by atoms with Crippen LogP contribution >= 0.6 is 24.0 Å². The highest BCUT2D eigenvalue weighted by Crippen LogP contribution is 2.31. The summed E-state index contributed by atoms with van der Waals surface area (Å²) in [5.74, 6) is 3.28. The summed E-state index contributed by atoms with van der Waals surface area (Å²) in [5, 5.41) is 7.13. The van der Waals surface area contributed by atoms with Crippen LogP contribution in [-0.4, -0.2) is 65.6 Å². The molecule has 1 unspecified atom stereocenters. The molecule has 2 fully saturated rings. The first-order valence-corrected chi connectivity index (χ1v) is 12.2.